The topological polar surface area (TPSA) is 26.3 Å². The van der Waals surface area contributed by atoms with Gasteiger partial charge in [0.1, 0.15) is 0 Å². The van der Waals surface area contributed by atoms with Crippen LogP contribution in [-0.4, -0.2) is 29.0 Å². The van der Waals surface area contributed by atoms with Crippen molar-refractivity contribution >= 4 is 29.0 Å². The monoisotopic (exact) mass is 252 g/mol. The van der Waals surface area contributed by atoms with Crippen molar-refractivity contribution in [1.29, 1.82) is 0 Å². The number of benzene rings is 1. The van der Waals surface area contributed by atoms with Crippen molar-refractivity contribution in [2.24, 2.45) is 0 Å². The van der Waals surface area contributed by atoms with Crippen LogP contribution >= 0.6 is 0 Å². The van der Waals surface area contributed by atoms with Crippen LogP contribution in [0.4, 0.5) is 22.0 Å². The Kier molecular flexibility index (Phi) is 5.14. The molecule has 16 heavy (non-hydrogen) atoms. The SMILES string of the molecule is CC(=O)Oc1c(F)c(F)c(F)c(F)c1F.[H-].[H-].[Mg+2]. The summed E-state index contributed by atoms with van der Waals surface area (Å²) in [6.45, 7) is 0.762. The molecule has 0 saturated carbocycles. The van der Waals surface area contributed by atoms with Crippen molar-refractivity contribution in [1.82, 2.24) is 0 Å². The van der Waals surface area contributed by atoms with E-state index in [4.69, 9.17) is 0 Å². The van der Waals surface area contributed by atoms with Gasteiger partial charge in [0, 0.05) is 6.92 Å². The second-order valence-electron chi connectivity index (χ2n) is 2.49. The average molecular weight is 252 g/mol. The van der Waals surface area contributed by atoms with Crippen LogP contribution in [-0.2, 0) is 4.79 Å². The summed E-state index contributed by atoms with van der Waals surface area (Å²) in [5.74, 6) is -13.8. The summed E-state index contributed by atoms with van der Waals surface area (Å²) in [4.78, 5) is 10.3. The first-order valence-electron chi connectivity index (χ1n) is 3.56. The molecule has 0 atom stereocenters. The molecule has 0 fully saturated rings. The Morgan fingerprint density at radius 3 is 1.56 bits per heavy atom. The van der Waals surface area contributed by atoms with Gasteiger partial charge in [0.2, 0.25) is 34.8 Å². The van der Waals surface area contributed by atoms with E-state index < -0.39 is 40.8 Å². The van der Waals surface area contributed by atoms with Gasteiger partial charge in [0.25, 0.3) is 0 Å². The molecule has 2 nitrogen and oxygen atoms in total. The molecule has 0 radical (unpaired) electrons. The van der Waals surface area contributed by atoms with Gasteiger partial charge in [-0.3, -0.25) is 4.79 Å². The molecule has 1 aromatic rings. The van der Waals surface area contributed by atoms with Crippen molar-refractivity contribution in [2.45, 2.75) is 6.92 Å². The molecule has 1 aromatic carbocycles. The predicted octanol–water partition coefficient (Wildman–Crippen LogP) is 2.15. The molecule has 0 unspecified atom stereocenters. The zero-order chi connectivity index (χ0) is 11.7. The number of carbonyl (C=O) groups excluding carboxylic acids is 1. The zero-order valence-electron chi connectivity index (χ0n) is 9.91. The van der Waals surface area contributed by atoms with Crippen LogP contribution in [0.2, 0.25) is 0 Å². The first-order chi connectivity index (χ1) is 6.86. The van der Waals surface area contributed by atoms with E-state index in [9.17, 15) is 26.7 Å². The molecule has 0 amide bonds. The number of rotatable bonds is 1. The fourth-order valence-electron chi connectivity index (χ4n) is 0.818. The van der Waals surface area contributed by atoms with E-state index in [1.807, 2.05) is 0 Å². The first-order valence-corrected chi connectivity index (χ1v) is 3.56. The van der Waals surface area contributed by atoms with E-state index in [0.29, 0.717) is 0 Å². The van der Waals surface area contributed by atoms with Crippen LogP contribution in [0, 0.1) is 29.1 Å². The number of ether oxygens (including phenoxy) is 1. The second-order valence-corrected chi connectivity index (χ2v) is 2.49. The fourth-order valence-corrected chi connectivity index (χ4v) is 0.818. The fraction of sp³-hybridized carbons (Fsp3) is 0.125. The molecule has 0 aromatic heterocycles. The van der Waals surface area contributed by atoms with E-state index in [1.54, 1.807) is 0 Å². The van der Waals surface area contributed by atoms with E-state index in [-0.39, 0.29) is 25.9 Å². The van der Waals surface area contributed by atoms with E-state index in [0.717, 1.165) is 6.92 Å². The van der Waals surface area contributed by atoms with Gasteiger partial charge in [0.15, 0.2) is 0 Å². The van der Waals surface area contributed by atoms with Crippen LogP contribution in [0.5, 0.6) is 5.75 Å². The van der Waals surface area contributed by atoms with Gasteiger partial charge >= 0.3 is 29.0 Å². The minimum Gasteiger partial charge on any atom is -1.00 e. The minimum absolute atomic E-state index is 0. The van der Waals surface area contributed by atoms with Crippen LogP contribution < -0.4 is 4.74 Å². The summed E-state index contributed by atoms with van der Waals surface area (Å²) < 4.78 is 66.9. The van der Waals surface area contributed by atoms with Crippen LogP contribution in [0.3, 0.4) is 0 Å². The largest absolute Gasteiger partial charge is 2.00 e. The van der Waals surface area contributed by atoms with Gasteiger partial charge in [-0.2, -0.15) is 8.78 Å². The maximum absolute atomic E-state index is 12.8. The molecule has 0 heterocycles. The Morgan fingerprint density at radius 2 is 1.25 bits per heavy atom. The van der Waals surface area contributed by atoms with Gasteiger partial charge in [-0.05, 0) is 0 Å². The molecule has 1 rings (SSSR count). The Bertz CT molecular complexity index is 415. The van der Waals surface area contributed by atoms with E-state index in [1.165, 1.54) is 0 Å². The Labute approximate surface area is 106 Å². The van der Waals surface area contributed by atoms with Crippen molar-refractivity contribution in [3.05, 3.63) is 29.1 Å². The molecule has 0 aliphatic rings. The van der Waals surface area contributed by atoms with Crippen molar-refractivity contribution in [2.75, 3.05) is 0 Å². The van der Waals surface area contributed by atoms with E-state index in [2.05, 4.69) is 4.74 Å². The number of halogens is 5. The Hall–Kier alpha value is -0.894. The molecular weight excluding hydrogens is 247 g/mol. The minimum atomic E-state index is -2.30. The molecule has 0 bridgehead atoms. The summed E-state index contributed by atoms with van der Waals surface area (Å²) in [5.41, 5.74) is 0. The molecule has 0 aliphatic carbocycles. The molecule has 8 heteroatoms. The van der Waals surface area contributed by atoms with Gasteiger partial charge in [-0.1, -0.05) is 0 Å². The van der Waals surface area contributed by atoms with Gasteiger partial charge in [-0.15, -0.1) is 0 Å². The zero-order valence-corrected chi connectivity index (χ0v) is 9.33. The maximum Gasteiger partial charge on any atom is 2.00 e. The van der Waals surface area contributed by atoms with Crippen LogP contribution in [0.25, 0.3) is 0 Å². The molecule has 0 aliphatic heterocycles. The number of hydrogen-bond acceptors (Lipinski definition) is 2. The Balaban J connectivity index is -0.000000750. The summed E-state index contributed by atoms with van der Waals surface area (Å²) >= 11 is 0. The van der Waals surface area contributed by atoms with Crippen molar-refractivity contribution < 1.29 is 34.3 Å². The quantitative estimate of drug-likeness (QED) is 0.191. The summed E-state index contributed by atoms with van der Waals surface area (Å²) in [5, 5.41) is 0. The third-order valence-corrected chi connectivity index (χ3v) is 1.42. The van der Waals surface area contributed by atoms with Gasteiger partial charge in [-0.25, -0.2) is 13.2 Å². The number of hydrogen-bond donors (Lipinski definition) is 0. The van der Waals surface area contributed by atoms with Crippen LogP contribution in [0.1, 0.15) is 9.78 Å². The molecule has 86 valence electrons. The second kappa shape index (κ2) is 5.44. The van der Waals surface area contributed by atoms with Gasteiger partial charge < -0.3 is 7.59 Å². The van der Waals surface area contributed by atoms with Crippen LogP contribution in [0.15, 0.2) is 0 Å². The Morgan fingerprint density at radius 1 is 0.938 bits per heavy atom. The summed E-state index contributed by atoms with van der Waals surface area (Å²) in [6.07, 6.45) is 0. The molecule has 0 N–H and O–H groups in total. The number of esters is 1. The summed E-state index contributed by atoms with van der Waals surface area (Å²) in [6, 6.07) is 0. The van der Waals surface area contributed by atoms with Crippen molar-refractivity contribution in [3.63, 3.8) is 0 Å². The third-order valence-electron chi connectivity index (χ3n) is 1.42. The van der Waals surface area contributed by atoms with Gasteiger partial charge in [0.05, 0.1) is 0 Å². The van der Waals surface area contributed by atoms with Crippen molar-refractivity contribution in [3.8, 4) is 5.75 Å². The average Bonchev–Trinajstić information content (AvgIpc) is 2.18. The molecule has 0 spiro atoms. The summed E-state index contributed by atoms with van der Waals surface area (Å²) in [7, 11) is 0. The smallest absolute Gasteiger partial charge is 1.00 e. The predicted molar refractivity (Wildman–Crippen MR) is 45.5 cm³/mol. The normalized spacial score (nSPS) is 9.62. The third kappa shape index (κ3) is 2.61. The number of carbonyl (C=O) groups is 1. The molecular formula is C8H5F5MgO2. The first kappa shape index (κ1) is 15.1. The van der Waals surface area contributed by atoms with E-state index >= 15 is 0 Å². The maximum atomic E-state index is 12.8. The standard InChI is InChI=1S/C8H3F5O2.Mg.2H/c1-2(14)15-8-6(12)4(10)3(9)5(11)7(8)13;;;/h1H3;;;/q;+2;2*-1. The molecule has 0 saturated heterocycles.